The van der Waals surface area contributed by atoms with Gasteiger partial charge in [-0.1, -0.05) is 249 Å². The molecule has 0 bridgehead atoms. The summed E-state index contributed by atoms with van der Waals surface area (Å²) in [6, 6.07) is -0.727. The molecule has 0 aromatic rings. The number of unbranched alkanes of at least 4 members (excludes halogenated alkanes) is 33. The van der Waals surface area contributed by atoms with Crippen LogP contribution in [0.4, 0.5) is 0 Å². The van der Waals surface area contributed by atoms with E-state index in [9.17, 15) is 30.3 Å². The summed E-state index contributed by atoms with van der Waals surface area (Å²) in [7, 11) is 0. The molecule has 1 rings (SSSR count). The standard InChI is InChI=1S/C58H109NO8/c1-3-5-7-9-11-13-15-17-19-21-23-24-25-26-27-28-30-31-33-35-37-39-41-43-45-47-52(61)51(50-66-58-57(65)56(64)55(63)53(49-60)67-58)59-54(62)48-46-44-42-40-38-36-34-32-29-22-20-18-16-14-12-10-8-6-4-2/h12,14,18,20,29,32,51-53,55-58,60-61,63-65H,3-11,13,15-17,19,21-28,30-31,33-50H2,1-2H3,(H,59,62)/b14-12-,20-18-,32-29-. The third-order valence-corrected chi connectivity index (χ3v) is 13.7. The van der Waals surface area contributed by atoms with E-state index in [0.717, 1.165) is 64.2 Å². The third-order valence-electron chi connectivity index (χ3n) is 13.7. The molecule has 1 saturated heterocycles. The molecular formula is C58H109NO8. The average molecular weight is 949 g/mol. The van der Waals surface area contributed by atoms with Crippen LogP contribution in [0.25, 0.3) is 0 Å². The number of ether oxygens (including phenoxy) is 2. The number of carbonyl (C=O) groups is 1. The van der Waals surface area contributed by atoms with Gasteiger partial charge in [0.1, 0.15) is 24.4 Å². The number of rotatable bonds is 49. The number of carbonyl (C=O) groups excluding carboxylic acids is 1. The van der Waals surface area contributed by atoms with Gasteiger partial charge in [0, 0.05) is 6.42 Å². The summed E-state index contributed by atoms with van der Waals surface area (Å²) in [5.74, 6) is -0.154. The average Bonchev–Trinajstić information content (AvgIpc) is 3.33. The Balaban J connectivity index is 2.21. The molecule has 0 aromatic carbocycles. The van der Waals surface area contributed by atoms with Gasteiger partial charge >= 0.3 is 0 Å². The van der Waals surface area contributed by atoms with E-state index in [1.807, 2.05) is 0 Å². The summed E-state index contributed by atoms with van der Waals surface area (Å²) in [6.07, 6.45) is 54.5. The van der Waals surface area contributed by atoms with E-state index in [1.165, 1.54) is 180 Å². The Morgan fingerprint density at radius 2 is 0.881 bits per heavy atom. The lowest BCUT2D eigenvalue weighted by atomic mass is 9.99. The molecule has 9 heteroatoms. The minimum absolute atomic E-state index is 0.143. The predicted octanol–water partition coefficient (Wildman–Crippen LogP) is 14.0. The van der Waals surface area contributed by atoms with Gasteiger partial charge in [0.05, 0.1) is 25.4 Å². The molecule has 6 N–H and O–H groups in total. The van der Waals surface area contributed by atoms with Crippen molar-refractivity contribution >= 4 is 5.91 Å². The molecule has 0 aliphatic carbocycles. The lowest BCUT2D eigenvalue weighted by Gasteiger charge is -2.40. The molecule has 7 atom stereocenters. The van der Waals surface area contributed by atoms with Gasteiger partial charge in [-0.25, -0.2) is 0 Å². The maximum Gasteiger partial charge on any atom is 0.220 e. The molecule has 0 saturated carbocycles. The van der Waals surface area contributed by atoms with Gasteiger partial charge in [0.15, 0.2) is 6.29 Å². The largest absolute Gasteiger partial charge is 0.394 e. The van der Waals surface area contributed by atoms with Crippen molar-refractivity contribution in [1.82, 2.24) is 5.32 Å². The zero-order valence-corrected chi connectivity index (χ0v) is 43.7. The number of aliphatic hydroxyl groups excluding tert-OH is 5. The Morgan fingerprint density at radius 3 is 1.33 bits per heavy atom. The van der Waals surface area contributed by atoms with Gasteiger partial charge in [-0.15, -0.1) is 0 Å². The second kappa shape index (κ2) is 48.1. The lowest BCUT2D eigenvalue weighted by Crippen LogP contribution is -2.60. The highest BCUT2D eigenvalue weighted by molar-refractivity contribution is 5.76. The van der Waals surface area contributed by atoms with Crippen LogP contribution < -0.4 is 5.32 Å². The van der Waals surface area contributed by atoms with Crippen LogP contribution in [0.1, 0.15) is 271 Å². The molecule has 0 radical (unpaired) electrons. The van der Waals surface area contributed by atoms with Crippen molar-refractivity contribution in [1.29, 1.82) is 0 Å². The van der Waals surface area contributed by atoms with Gasteiger partial charge in [0.2, 0.25) is 5.91 Å². The molecule has 0 spiro atoms. The van der Waals surface area contributed by atoms with Crippen LogP contribution in [0.5, 0.6) is 0 Å². The van der Waals surface area contributed by atoms with Crippen LogP contribution in [-0.4, -0.2) is 87.5 Å². The normalized spacial score (nSPS) is 19.9. The molecule has 1 heterocycles. The van der Waals surface area contributed by atoms with Crippen molar-refractivity contribution in [2.24, 2.45) is 0 Å². The molecule has 394 valence electrons. The van der Waals surface area contributed by atoms with Gasteiger partial charge in [0.25, 0.3) is 0 Å². The van der Waals surface area contributed by atoms with Crippen LogP contribution in [0.2, 0.25) is 0 Å². The summed E-state index contributed by atoms with van der Waals surface area (Å²) in [5.41, 5.74) is 0. The van der Waals surface area contributed by atoms with E-state index in [2.05, 4.69) is 55.6 Å². The Morgan fingerprint density at radius 1 is 0.507 bits per heavy atom. The summed E-state index contributed by atoms with van der Waals surface area (Å²) >= 11 is 0. The molecule has 9 nitrogen and oxygen atoms in total. The minimum atomic E-state index is -1.56. The van der Waals surface area contributed by atoms with E-state index in [-0.39, 0.29) is 12.5 Å². The van der Waals surface area contributed by atoms with Crippen LogP contribution in [0.15, 0.2) is 36.5 Å². The van der Waals surface area contributed by atoms with Crippen molar-refractivity contribution < 1.29 is 39.8 Å². The van der Waals surface area contributed by atoms with Gasteiger partial charge in [-0.05, 0) is 51.4 Å². The zero-order valence-electron chi connectivity index (χ0n) is 43.7. The fraction of sp³-hybridized carbons (Fsp3) is 0.879. The van der Waals surface area contributed by atoms with Crippen molar-refractivity contribution in [2.45, 2.75) is 314 Å². The Labute approximate surface area is 412 Å². The van der Waals surface area contributed by atoms with E-state index >= 15 is 0 Å². The Bertz CT molecular complexity index is 1150. The van der Waals surface area contributed by atoms with Gasteiger partial charge < -0.3 is 40.3 Å². The number of hydrogen-bond donors (Lipinski definition) is 6. The predicted molar refractivity (Wildman–Crippen MR) is 281 cm³/mol. The Kier molecular flexibility index (Phi) is 45.5. The highest BCUT2D eigenvalue weighted by Crippen LogP contribution is 2.23. The van der Waals surface area contributed by atoms with Gasteiger partial charge in [-0.2, -0.15) is 0 Å². The molecule has 67 heavy (non-hydrogen) atoms. The monoisotopic (exact) mass is 948 g/mol. The van der Waals surface area contributed by atoms with E-state index in [1.54, 1.807) is 0 Å². The number of aliphatic hydroxyl groups is 5. The Hall–Kier alpha value is -1.59. The lowest BCUT2D eigenvalue weighted by molar-refractivity contribution is -0.302. The second-order valence-electron chi connectivity index (χ2n) is 20.1. The van der Waals surface area contributed by atoms with E-state index in [0.29, 0.717) is 12.8 Å². The van der Waals surface area contributed by atoms with Crippen molar-refractivity contribution in [2.75, 3.05) is 13.2 Å². The van der Waals surface area contributed by atoms with E-state index in [4.69, 9.17) is 9.47 Å². The van der Waals surface area contributed by atoms with Crippen molar-refractivity contribution in [3.8, 4) is 0 Å². The van der Waals surface area contributed by atoms with Crippen LogP contribution in [-0.2, 0) is 14.3 Å². The highest BCUT2D eigenvalue weighted by Gasteiger charge is 2.44. The first-order chi connectivity index (χ1) is 32.8. The molecular weight excluding hydrogens is 839 g/mol. The number of hydrogen-bond acceptors (Lipinski definition) is 8. The number of amides is 1. The van der Waals surface area contributed by atoms with Crippen molar-refractivity contribution in [3.05, 3.63) is 36.5 Å². The summed E-state index contributed by atoms with van der Waals surface area (Å²) < 4.78 is 11.3. The first kappa shape index (κ1) is 63.4. The van der Waals surface area contributed by atoms with Gasteiger partial charge in [-0.3, -0.25) is 4.79 Å². The minimum Gasteiger partial charge on any atom is -0.394 e. The van der Waals surface area contributed by atoms with Crippen LogP contribution in [0.3, 0.4) is 0 Å². The van der Waals surface area contributed by atoms with E-state index < -0.39 is 49.5 Å². The quantitative estimate of drug-likeness (QED) is 0.0261. The summed E-state index contributed by atoms with van der Waals surface area (Å²) in [6.45, 7) is 3.83. The summed E-state index contributed by atoms with van der Waals surface area (Å²) in [4.78, 5) is 13.1. The fourth-order valence-corrected chi connectivity index (χ4v) is 9.17. The summed E-state index contributed by atoms with van der Waals surface area (Å²) in [5, 5.41) is 54.7. The molecule has 1 aliphatic rings. The molecule has 7 unspecified atom stereocenters. The van der Waals surface area contributed by atoms with Crippen molar-refractivity contribution in [3.63, 3.8) is 0 Å². The highest BCUT2D eigenvalue weighted by atomic mass is 16.7. The SMILES string of the molecule is CCCCC/C=C\C/C=C\C/C=C\CCCCCCCCC(=O)NC(COC1OC(CO)C(O)C(O)C1O)C(O)CCCCCCCCCCCCCCCCCCCCCCCCCCC. The van der Waals surface area contributed by atoms with Crippen LogP contribution in [0, 0.1) is 0 Å². The second-order valence-corrected chi connectivity index (χ2v) is 20.1. The first-order valence-corrected chi connectivity index (χ1v) is 28.7. The third kappa shape index (κ3) is 37.9. The zero-order chi connectivity index (χ0) is 48.7. The number of nitrogens with one attached hydrogen (secondary N) is 1. The maximum atomic E-state index is 13.1. The molecule has 1 fully saturated rings. The fourth-order valence-electron chi connectivity index (χ4n) is 9.17. The molecule has 1 aliphatic heterocycles. The smallest absolute Gasteiger partial charge is 0.220 e. The molecule has 0 aromatic heterocycles. The number of allylic oxidation sites excluding steroid dienone is 6. The van der Waals surface area contributed by atoms with Crippen LogP contribution >= 0.6 is 0 Å². The molecule has 1 amide bonds. The maximum absolute atomic E-state index is 13.1. The topological polar surface area (TPSA) is 149 Å². The first-order valence-electron chi connectivity index (χ1n) is 28.7.